The highest BCUT2D eigenvalue weighted by atomic mass is 16.4. The third kappa shape index (κ3) is 2.13. The van der Waals surface area contributed by atoms with E-state index < -0.39 is 5.97 Å². The highest BCUT2D eigenvalue weighted by molar-refractivity contribution is 5.88. The molecule has 1 saturated heterocycles. The Balaban J connectivity index is 2.37. The Kier molecular flexibility index (Phi) is 3.28. The molecule has 78 valence electrons. The first kappa shape index (κ1) is 10.8. The van der Waals surface area contributed by atoms with Gasteiger partial charge in [0.1, 0.15) is 0 Å². The number of hydrogen-bond acceptors (Lipinski definition) is 2. The molecule has 1 amide bonds. The first-order valence-electron chi connectivity index (χ1n) is 4.70. The number of aliphatic carboxylic acids is 1. The molecule has 1 atom stereocenters. The van der Waals surface area contributed by atoms with E-state index in [4.69, 9.17) is 5.11 Å². The number of amides is 1. The molecule has 1 unspecified atom stereocenters. The minimum absolute atomic E-state index is 0.0265. The maximum absolute atomic E-state index is 11.3. The quantitative estimate of drug-likeness (QED) is 0.679. The van der Waals surface area contributed by atoms with Crippen molar-refractivity contribution in [2.75, 3.05) is 13.1 Å². The van der Waals surface area contributed by atoms with Crippen molar-refractivity contribution in [1.29, 1.82) is 0 Å². The molecule has 1 aliphatic heterocycles. The fraction of sp³-hybridized carbons (Fsp3) is 0.600. The molecule has 0 radical (unpaired) electrons. The largest absolute Gasteiger partial charge is 0.481 e. The van der Waals surface area contributed by atoms with Gasteiger partial charge in [-0.05, 0) is 13.0 Å². The van der Waals surface area contributed by atoms with Gasteiger partial charge in [0.2, 0.25) is 5.91 Å². The van der Waals surface area contributed by atoms with Crippen LogP contribution in [-0.2, 0) is 9.59 Å². The zero-order valence-corrected chi connectivity index (χ0v) is 8.43. The molecule has 0 aliphatic carbocycles. The molecule has 0 spiro atoms. The predicted molar refractivity (Wildman–Crippen MR) is 51.7 cm³/mol. The molecular weight excluding hydrogens is 182 g/mol. The van der Waals surface area contributed by atoms with Gasteiger partial charge >= 0.3 is 5.97 Å². The summed E-state index contributed by atoms with van der Waals surface area (Å²) >= 11 is 0. The van der Waals surface area contributed by atoms with Crippen molar-refractivity contribution >= 4 is 11.9 Å². The van der Waals surface area contributed by atoms with Gasteiger partial charge < -0.3 is 10.0 Å². The Labute approximate surface area is 83.2 Å². The minimum Gasteiger partial charge on any atom is -0.481 e. The van der Waals surface area contributed by atoms with E-state index in [0.717, 1.165) is 0 Å². The van der Waals surface area contributed by atoms with Crippen LogP contribution < -0.4 is 0 Å². The van der Waals surface area contributed by atoms with Crippen LogP contribution in [-0.4, -0.2) is 35.0 Å². The Morgan fingerprint density at radius 3 is 2.50 bits per heavy atom. The third-order valence-electron chi connectivity index (χ3n) is 2.63. The van der Waals surface area contributed by atoms with E-state index in [1.807, 2.05) is 0 Å². The molecule has 1 rings (SSSR count). The van der Waals surface area contributed by atoms with E-state index >= 15 is 0 Å². The lowest BCUT2D eigenvalue weighted by Gasteiger charge is -2.40. The predicted octanol–water partition coefficient (Wildman–Crippen LogP) is 0.742. The van der Waals surface area contributed by atoms with Gasteiger partial charge in [0, 0.05) is 19.0 Å². The summed E-state index contributed by atoms with van der Waals surface area (Å²) in [5.41, 5.74) is 0. The zero-order chi connectivity index (χ0) is 10.7. The van der Waals surface area contributed by atoms with Gasteiger partial charge in [-0.15, -0.1) is 0 Å². The molecule has 1 N–H and O–H groups in total. The molecule has 0 bridgehead atoms. The summed E-state index contributed by atoms with van der Waals surface area (Å²) in [6.07, 6.45) is 3.19. The molecule has 0 saturated carbocycles. The summed E-state index contributed by atoms with van der Waals surface area (Å²) in [7, 11) is 0. The van der Waals surface area contributed by atoms with E-state index in [1.165, 1.54) is 6.08 Å². The maximum Gasteiger partial charge on any atom is 0.306 e. The van der Waals surface area contributed by atoms with Gasteiger partial charge in [0.05, 0.1) is 5.92 Å². The molecule has 1 heterocycles. The Hall–Kier alpha value is -1.32. The van der Waals surface area contributed by atoms with Crippen LogP contribution in [0.1, 0.15) is 13.8 Å². The number of carbonyl (C=O) groups excluding carboxylic acids is 1. The van der Waals surface area contributed by atoms with Crippen LogP contribution in [0.15, 0.2) is 12.2 Å². The summed E-state index contributed by atoms with van der Waals surface area (Å²) in [4.78, 5) is 23.5. The molecule has 0 aromatic heterocycles. The van der Waals surface area contributed by atoms with Crippen LogP contribution in [0.25, 0.3) is 0 Å². The first-order valence-corrected chi connectivity index (χ1v) is 4.70. The van der Waals surface area contributed by atoms with Crippen LogP contribution in [0, 0.1) is 11.8 Å². The van der Waals surface area contributed by atoms with Crippen LogP contribution >= 0.6 is 0 Å². The number of nitrogens with zero attached hydrogens (tertiary/aromatic N) is 1. The van der Waals surface area contributed by atoms with E-state index in [9.17, 15) is 9.59 Å². The number of carboxylic acids is 1. The number of hydrogen-bond donors (Lipinski definition) is 1. The van der Waals surface area contributed by atoms with Crippen molar-refractivity contribution in [3.05, 3.63) is 12.2 Å². The van der Waals surface area contributed by atoms with Crippen molar-refractivity contribution in [3.8, 4) is 0 Å². The Morgan fingerprint density at radius 1 is 1.50 bits per heavy atom. The number of rotatable bonds is 3. The molecule has 4 heteroatoms. The Bertz CT molecular complexity index is 267. The second kappa shape index (κ2) is 4.26. The first-order chi connectivity index (χ1) is 6.56. The average molecular weight is 197 g/mol. The third-order valence-corrected chi connectivity index (χ3v) is 2.63. The molecular formula is C10H15NO3. The second-order valence-electron chi connectivity index (χ2n) is 3.63. The highest BCUT2D eigenvalue weighted by Crippen LogP contribution is 2.24. The van der Waals surface area contributed by atoms with Gasteiger partial charge in [-0.1, -0.05) is 13.0 Å². The van der Waals surface area contributed by atoms with Crippen molar-refractivity contribution in [2.24, 2.45) is 11.8 Å². The van der Waals surface area contributed by atoms with Gasteiger partial charge in [-0.3, -0.25) is 9.59 Å². The van der Waals surface area contributed by atoms with Crippen LogP contribution in [0.5, 0.6) is 0 Å². The van der Waals surface area contributed by atoms with Crippen LogP contribution in [0.2, 0.25) is 0 Å². The number of allylic oxidation sites excluding steroid dienone is 1. The lowest BCUT2D eigenvalue weighted by Crippen LogP contribution is -2.53. The average Bonchev–Trinajstić information content (AvgIpc) is 2.01. The van der Waals surface area contributed by atoms with Gasteiger partial charge in [-0.25, -0.2) is 0 Å². The van der Waals surface area contributed by atoms with E-state index in [1.54, 1.807) is 24.8 Å². The number of carbonyl (C=O) groups is 2. The lowest BCUT2D eigenvalue weighted by atomic mass is 9.87. The van der Waals surface area contributed by atoms with Crippen molar-refractivity contribution in [2.45, 2.75) is 13.8 Å². The van der Waals surface area contributed by atoms with Crippen LogP contribution in [0.3, 0.4) is 0 Å². The van der Waals surface area contributed by atoms with Crippen molar-refractivity contribution in [1.82, 2.24) is 4.90 Å². The summed E-state index contributed by atoms with van der Waals surface area (Å²) in [5, 5.41) is 8.73. The molecule has 1 aliphatic rings. The maximum atomic E-state index is 11.3. The Morgan fingerprint density at radius 2 is 2.07 bits per heavy atom. The van der Waals surface area contributed by atoms with Gasteiger partial charge in [0.25, 0.3) is 0 Å². The molecule has 0 aromatic carbocycles. The normalized spacial score (nSPS) is 19.4. The van der Waals surface area contributed by atoms with Gasteiger partial charge in [0.15, 0.2) is 0 Å². The molecule has 14 heavy (non-hydrogen) atoms. The fourth-order valence-corrected chi connectivity index (χ4v) is 1.46. The topological polar surface area (TPSA) is 57.6 Å². The fourth-order valence-electron chi connectivity index (χ4n) is 1.46. The smallest absolute Gasteiger partial charge is 0.306 e. The van der Waals surface area contributed by atoms with E-state index in [-0.39, 0.29) is 17.7 Å². The lowest BCUT2D eigenvalue weighted by molar-refractivity contribution is -0.148. The summed E-state index contributed by atoms with van der Waals surface area (Å²) in [5.74, 6) is -1.05. The van der Waals surface area contributed by atoms with E-state index in [2.05, 4.69) is 0 Å². The molecule has 1 fully saturated rings. The minimum atomic E-state index is -0.784. The number of likely N-dealkylation sites (tertiary alicyclic amines) is 1. The van der Waals surface area contributed by atoms with Gasteiger partial charge in [-0.2, -0.15) is 0 Å². The molecule has 0 aromatic rings. The van der Waals surface area contributed by atoms with Crippen molar-refractivity contribution in [3.63, 3.8) is 0 Å². The monoisotopic (exact) mass is 197 g/mol. The van der Waals surface area contributed by atoms with Crippen LogP contribution in [0.4, 0.5) is 0 Å². The number of carboxylic acid groups (broad SMARTS) is 1. The zero-order valence-electron chi connectivity index (χ0n) is 8.43. The molecule has 4 nitrogen and oxygen atoms in total. The van der Waals surface area contributed by atoms with Crippen molar-refractivity contribution < 1.29 is 14.7 Å². The summed E-state index contributed by atoms with van der Waals surface area (Å²) in [6.45, 7) is 4.60. The second-order valence-corrected chi connectivity index (χ2v) is 3.63. The SMILES string of the molecule is C/C=C/C(=O)N1CC(C(C)C(=O)O)C1. The highest BCUT2D eigenvalue weighted by Gasteiger charge is 2.36. The summed E-state index contributed by atoms with van der Waals surface area (Å²) in [6, 6.07) is 0. The summed E-state index contributed by atoms with van der Waals surface area (Å²) < 4.78 is 0. The van der Waals surface area contributed by atoms with E-state index in [0.29, 0.717) is 13.1 Å². The standard InChI is InChI=1S/C10H15NO3/c1-3-4-9(12)11-5-8(6-11)7(2)10(13)14/h3-4,7-8H,5-6H2,1-2H3,(H,13,14)/b4-3+.